The maximum absolute atomic E-state index is 9.74. The fourth-order valence-electron chi connectivity index (χ4n) is 0.331. The second kappa shape index (κ2) is 4.36. The summed E-state index contributed by atoms with van der Waals surface area (Å²) < 4.78 is 0. The van der Waals surface area contributed by atoms with Crippen LogP contribution in [0.4, 0.5) is 0 Å². The fraction of sp³-hybridized carbons (Fsp3) is 0.667. The van der Waals surface area contributed by atoms with E-state index in [4.69, 9.17) is 16.7 Å². The number of hydrazine groups is 1. The minimum absolute atomic E-state index is 0.0443. The monoisotopic (exact) mass is 148 g/mol. The van der Waals surface area contributed by atoms with Crippen LogP contribution in [0.15, 0.2) is 4.99 Å². The van der Waals surface area contributed by atoms with Gasteiger partial charge in [-0.3, -0.25) is 4.99 Å². The Morgan fingerprint density at radius 1 is 1.70 bits per heavy atom. The van der Waals surface area contributed by atoms with E-state index < -0.39 is 5.03 Å². The quantitative estimate of drug-likeness (QED) is 0.158. The molecule has 0 atom stereocenters. The first-order chi connectivity index (χ1) is 4.63. The number of aliphatic imine (C=N–C) groups is 1. The first-order valence-electron chi connectivity index (χ1n) is 2.58. The molecule has 0 saturated carbocycles. The Morgan fingerprint density at radius 3 is 2.70 bits per heavy atom. The van der Waals surface area contributed by atoms with Gasteiger partial charge < -0.3 is 11.5 Å². The number of hydrogen-bond acceptors (Lipinski definition) is 2. The minimum atomic E-state index is -0.401. The normalized spacial score (nSPS) is 8.40. The highest BCUT2D eigenvalue weighted by Gasteiger charge is 1.96. The summed E-state index contributed by atoms with van der Waals surface area (Å²) in [5.74, 6) is -0.0443. The van der Waals surface area contributed by atoms with E-state index in [1.807, 2.05) is 5.43 Å². The number of rotatable bonds is 4. The van der Waals surface area contributed by atoms with Gasteiger partial charge in [0.1, 0.15) is 4.91 Å². The van der Waals surface area contributed by atoms with Gasteiger partial charge in [0, 0.05) is 0 Å². The Balaban J connectivity index is 3.21. The molecule has 7 heteroatoms. The Morgan fingerprint density at radius 2 is 2.30 bits per heavy atom. The van der Waals surface area contributed by atoms with Crippen LogP contribution in [-0.2, 0) is 0 Å². The van der Waals surface area contributed by atoms with Crippen molar-refractivity contribution in [2.45, 2.75) is 0 Å². The second-order valence-corrected chi connectivity index (χ2v) is 1.49. The summed E-state index contributed by atoms with van der Waals surface area (Å²) >= 11 is 0. The average Bonchev–Trinajstić information content (AvgIpc) is 1.79. The van der Waals surface area contributed by atoms with Gasteiger partial charge in [0.15, 0.2) is 5.96 Å². The Bertz CT molecular complexity index is 140. The predicted molar refractivity (Wildman–Crippen MR) is 34.1 cm³/mol. The highest BCUT2D eigenvalue weighted by molar-refractivity contribution is 5.75. The summed E-state index contributed by atoms with van der Waals surface area (Å²) in [6.07, 6.45) is 0. The summed E-state index contributed by atoms with van der Waals surface area (Å²) in [5, 5.41) is 7.57. The van der Waals surface area contributed by atoms with Crippen LogP contribution in [0, 0.1) is 4.91 Å². The molecule has 0 rings (SSSR count). The number of nitrogens with zero attached hydrogens (tertiary/aromatic N) is 2. The molecule has 6 N–H and O–H groups in total. The van der Waals surface area contributed by atoms with Gasteiger partial charge in [0.2, 0.25) is 0 Å². The molecule has 0 aliphatic rings. The van der Waals surface area contributed by atoms with Crippen molar-refractivity contribution in [3.8, 4) is 0 Å². The largest absolute Gasteiger partial charge is 0.370 e. The summed E-state index contributed by atoms with van der Waals surface area (Å²) in [6, 6.07) is 0. The molecule has 0 aliphatic heterocycles. The second-order valence-electron chi connectivity index (χ2n) is 1.49. The molecule has 0 amide bonds. The summed E-state index contributed by atoms with van der Waals surface area (Å²) in [6.45, 7) is 0.444. The summed E-state index contributed by atoms with van der Waals surface area (Å²) in [7, 11) is 0. The van der Waals surface area contributed by atoms with Gasteiger partial charge in [-0.05, 0) is 0 Å². The van der Waals surface area contributed by atoms with E-state index in [9.17, 15) is 4.91 Å². The van der Waals surface area contributed by atoms with Crippen molar-refractivity contribution in [3.63, 3.8) is 0 Å². The standard InChI is InChI=1S/C3H10N5O2/c4-3(5)6-1-2-7-8(9)10/h7H,1-2H2,(H,9,10)(H4,4,5,6)/q+1. The Kier molecular flexibility index (Phi) is 3.69. The lowest BCUT2D eigenvalue weighted by atomic mass is 10.7. The van der Waals surface area contributed by atoms with Gasteiger partial charge in [-0.25, -0.2) is 5.21 Å². The summed E-state index contributed by atoms with van der Waals surface area (Å²) in [5.41, 5.74) is 11.9. The van der Waals surface area contributed by atoms with Crippen LogP contribution in [-0.4, -0.2) is 29.3 Å². The molecule has 0 unspecified atom stereocenters. The van der Waals surface area contributed by atoms with E-state index in [-0.39, 0.29) is 19.0 Å². The van der Waals surface area contributed by atoms with Crippen molar-refractivity contribution >= 4 is 5.96 Å². The number of hydrogen-bond donors (Lipinski definition) is 4. The molecule has 0 aromatic rings. The lowest BCUT2D eigenvalue weighted by Crippen LogP contribution is -2.28. The van der Waals surface area contributed by atoms with Crippen molar-refractivity contribution in [2.75, 3.05) is 13.1 Å². The molecule has 58 valence electrons. The zero-order chi connectivity index (χ0) is 7.98. The smallest absolute Gasteiger partial charge is 0.354 e. The molecule has 0 radical (unpaired) electrons. The minimum Gasteiger partial charge on any atom is -0.370 e. The average molecular weight is 148 g/mol. The van der Waals surface area contributed by atoms with E-state index in [1.165, 1.54) is 0 Å². The maximum Gasteiger partial charge on any atom is 0.354 e. The van der Waals surface area contributed by atoms with Gasteiger partial charge >= 0.3 is 5.03 Å². The van der Waals surface area contributed by atoms with Crippen LogP contribution >= 0.6 is 0 Å². The Labute approximate surface area is 57.2 Å². The zero-order valence-corrected chi connectivity index (χ0v) is 5.32. The third-order valence-corrected chi connectivity index (χ3v) is 0.653. The van der Waals surface area contributed by atoms with Crippen molar-refractivity contribution < 1.29 is 10.2 Å². The van der Waals surface area contributed by atoms with E-state index in [2.05, 4.69) is 4.99 Å². The molecule has 0 aliphatic carbocycles. The SMILES string of the molecule is NC(N)=NCCN[N+](=O)O. The molecule has 0 bridgehead atoms. The van der Waals surface area contributed by atoms with Gasteiger partial charge in [-0.1, -0.05) is 0 Å². The van der Waals surface area contributed by atoms with Crippen LogP contribution in [0.1, 0.15) is 0 Å². The van der Waals surface area contributed by atoms with Crippen LogP contribution in [0.2, 0.25) is 0 Å². The van der Waals surface area contributed by atoms with Gasteiger partial charge in [0.05, 0.1) is 13.1 Å². The van der Waals surface area contributed by atoms with E-state index in [0.717, 1.165) is 0 Å². The molecular formula is C3H10N5O2+. The topological polar surface area (TPSA) is 117 Å². The molecule has 10 heavy (non-hydrogen) atoms. The third kappa shape index (κ3) is 6.47. The maximum atomic E-state index is 9.74. The summed E-state index contributed by atoms with van der Waals surface area (Å²) in [4.78, 5) is 13.3. The van der Waals surface area contributed by atoms with Gasteiger partial charge in [0.25, 0.3) is 0 Å². The van der Waals surface area contributed by atoms with Crippen molar-refractivity contribution in [1.29, 1.82) is 0 Å². The first-order valence-corrected chi connectivity index (χ1v) is 2.58. The van der Waals surface area contributed by atoms with Crippen molar-refractivity contribution in [2.24, 2.45) is 16.5 Å². The van der Waals surface area contributed by atoms with Crippen LogP contribution in [0.5, 0.6) is 0 Å². The lowest BCUT2D eigenvalue weighted by Gasteiger charge is -1.89. The molecule has 0 fully saturated rings. The van der Waals surface area contributed by atoms with E-state index >= 15 is 0 Å². The number of nitrogens with one attached hydrogen (secondary N) is 1. The first kappa shape index (κ1) is 8.47. The molecule has 0 aromatic carbocycles. The third-order valence-electron chi connectivity index (χ3n) is 0.653. The van der Waals surface area contributed by atoms with Gasteiger partial charge in [-0.15, -0.1) is 5.43 Å². The predicted octanol–water partition coefficient (Wildman–Crippen LogP) is -2.07. The van der Waals surface area contributed by atoms with Gasteiger partial charge in [-0.2, -0.15) is 0 Å². The molecule has 0 spiro atoms. The van der Waals surface area contributed by atoms with Crippen molar-refractivity contribution in [3.05, 3.63) is 4.91 Å². The highest BCUT2D eigenvalue weighted by Crippen LogP contribution is 1.64. The Hall–Kier alpha value is -1.53. The number of nitrogens with two attached hydrogens (primary N) is 2. The van der Waals surface area contributed by atoms with Crippen LogP contribution in [0.3, 0.4) is 0 Å². The zero-order valence-electron chi connectivity index (χ0n) is 5.32. The van der Waals surface area contributed by atoms with E-state index in [1.54, 1.807) is 0 Å². The van der Waals surface area contributed by atoms with E-state index in [0.29, 0.717) is 0 Å². The molecule has 0 aromatic heterocycles. The number of guanidine groups is 1. The highest BCUT2D eigenvalue weighted by atomic mass is 16.7. The van der Waals surface area contributed by atoms with Crippen molar-refractivity contribution in [1.82, 2.24) is 5.43 Å². The van der Waals surface area contributed by atoms with Crippen LogP contribution in [0.25, 0.3) is 0 Å². The lowest BCUT2D eigenvalue weighted by molar-refractivity contribution is -0.832. The molecular weight excluding hydrogens is 138 g/mol. The molecule has 0 saturated heterocycles. The van der Waals surface area contributed by atoms with Crippen LogP contribution < -0.4 is 16.9 Å². The molecule has 0 heterocycles. The fourth-order valence-corrected chi connectivity index (χ4v) is 0.331. The molecule has 7 nitrogen and oxygen atoms in total.